The first-order valence-corrected chi connectivity index (χ1v) is 10.7. The molecular formula is C26H24N4O4. The molecular weight excluding hydrogens is 432 g/mol. The number of aryl methyl sites for hydroxylation is 1. The van der Waals surface area contributed by atoms with Crippen molar-refractivity contribution in [2.45, 2.75) is 13.8 Å². The quantitative estimate of drug-likeness (QED) is 0.368. The monoisotopic (exact) mass is 456 g/mol. The summed E-state index contributed by atoms with van der Waals surface area (Å²) in [6.07, 6.45) is 1.57. The molecule has 2 aromatic heterocycles. The van der Waals surface area contributed by atoms with E-state index in [1.165, 1.54) is 0 Å². The van der Waals surface area contributed by atoms with Crippen molar-refractivity contribution in [2.75, 3.05) is 19.0 Å². The molecule has 0 atom stereocenters. The minimum absolute atomic E-state index is 0.158. The van der Waals surface area contributed by atoms with Gasteiger partial charge in [0, 0.05) is 35.5 Å². The number of carbonyl (C=O) groups is 1. The second-order valence-electron chi connectivity index (χ2n) is 7.52. The third kappa shape index (κ3) is 4.24. The highest BCUT2D eigenvalue weighted by molar-refractivity contribution is 6.06. The summed E-state index contributed by atoms with van der Waals surface area (Å²) in [7, 11) is 3.50. The van der Waals surface area contributed by atoms with Crippen LogP contribution in [0.5, 0.6) is 17.4 Å². The summed E-state index contributed by atoms with van der Waals surface area (Å²) in [6.45, 7) is 3.93. The number of carbonyl (C=O) groups excluding carboxylic acids is 1. The topological polar surface area (TPSA) is 98.4 Å². The number of nitriles is 1. The van der Waals surface area contributed by atoms with E-state index >= 15 is 0 Å². The van der Waals surface area contributed by atoms with Gasteiger partial charge in [-0.15, -0.1) is 0 Å². The lowest BCUT2D eigenvalue weighted by Crippen LogP contribution is -2.06. The number of methoxy groups -OCH3 is 1. The van der Waals surface area contributed by atoms with Gasteiger partial charge in [0.05, 0.1) is 25.0 Å². The predicted octanol–water partition coefficient (Wildman–Crippen LogP) is 5.47. The Hall–Kier alpha value is -4.51. The Morgan fingerprint density at radius 2 is 1.88 bits per heavy atom. The van der Waals surface area contributed by atoms with Crippen LogP contribution >= 0.6 is 0 Å². The third-order valence-corrected chi connectivity index (χ3v) is 5.55. The zero-order valence-electron chi connectivity index (χ0n) is 19.4. The lowest BCUT2D eigenvalue weighted by molar-refractivity contribution is 0.0527. The van der Waals surface area contributed by atoms with Gasteiger partial charge in [-0.1, -0.05) is 0 Å². The van der Waals surface area contributed by atoms with Crippen molar-refractivity contribution in [3.8, 4) is 23.4 Å². The molecule has 0 saturated carbocycles. The number of esters is 1. The van der Waals surface area contributed by atoms with E-state index in [4.69, 9.17) is 14.2 Å². The van der Waals surface area contributed by atoms with Gasteiger partial charge in [0.15, 0.2) is 0 Å². The molecule has 0 unspecified atom stereocenters. The summed E-state index contributed by atoms with van der Waals surface area (Å²) in [6, 6.07) is 16.6. The molecule has 8 heteroatoms. The van der Waals surface area contributed by atoms with Crippen LogP contribution in [0.2, 0.25) is 0 Å². The first-order chi connectivity index (χ1) is 16.5. The molecule has 4 rings (SSSR count). The predicted molar refractivity (Wildman–Crippen MR) is 129 cm³/mol. The normalized spacial score (nSPS) is 10.6. The van der Waals surface area contributed by atoms with Crippen LogP contribution in [0.3, 0.4) is 0 Å². The summed E-state index contributed by atoms with van der Waals surface area (Å²) in [5.74, 6) is 0.961. The van der Waals surface area contributed by atoms with Crippen molar-refractivity contribution in [1.82, 2.24) is 9.55 Å². The Bertz CT molecular complexity index is 1400. The fourth-order valence-corrected chi connectivity index (χ4v) is 3.75. The molecule has 0 saturated heterocycles. The van der Waals surface area contributed by atoms with E-state index in [9.17, 15) is 10.1 Å². The van der Waals surface area contributed by atoms with Gasteiger partial charge in [-0.25, -0.2) is 9.78 Å². The Labute approximate surface area is 197 Å². The lowest BCUT2D eigenvalue weighted by atomic mass is 10.1. The maximum atomic E-state index is 12.6. The van der Waals surface area contributed by atoms with Crippen LogP contribution in [-0.2, 0) is 11.8 Å². The summed E-state index contributed by atoms with van der Waals surface area (Å²) in [4.78, 5) is 16.8. The summed E-state index contributed by atoms with van der Waals surface area (Å²) >= 11 is 0. The van der Waals surface area contributed by atoms with E-state index in [2.05, 4.69) is 16.4 Å². The van der Waals surface area contributed by atoms with Gasteiger partial charge in [-0.05, 0) is 62.4 Å². The average Bonchev–Trinajstić information content (AvgIpc) is 3.09. The lowest BCUT2D eigenvalue weighted by Gasteiger charge is -2.12. The van der Waals surface area contributed by atoms with Crippen LogP contribution in [0.25, 0.3) is 10.9 Å². The number of pyridine rings is 1. The number of rotatable bonds is 7. The molecule has 0 aliphatic rings. The summed E-state index contributed by atoms with van der Waals surface area (Å²) in [5, 5.41) is 13.8. The number of benzene rings is 2. The summed E-state index contributed by atoms with van der Waals surface area (Å²) < 4.78 is 18.4. The standard InChI is InChI=1S/C26H24N4O4/c1-5-33-26(31)24-16(2)30(3)23-11-10-19(14-20(23)24)34-25-21(15-27)22(12-13-28-25)29-17-6-8-18(32-4)9-7-17/h6-14H,5H2,1-4H3,(H,28,29). The Morgan fingerprint density at radius 3 is 2.56 bits per heavy atom. The number of anilines is 2. The Balaban J connectivity index is 1.69. The van der Waals surface area contributed by atoms with Crippen LogP contribution < -0.4 is 14.8 Å². The molecule has 0 amide bonds. The Morgan fingerprint density at radius 1 is 1.15 bits per heavy atom. The maximum absolute atomic E-state index is 12.6. The first-order valence-electron chi connectivity index (χ1n) is 10.7. The van der Waals surface area contributed by atoms with Gasteiger partial charge in [0.1, 0.15) is 23.1 Å². The number of hydrogen-bond donors (Lipinski definition) is 1. The van der Waals surface area contributed by atoms with Crippen LogP contribution in [0, 0.1) is 18.3 Å². The van der Waals surface area contributed by atoms with Gasteiger partial charge in [-0.3, -0.25) is 0 Å². The largest absolute Gasteiger partial charge is 0.497 e. The highest BCUT2D eigenvalue weighted by atomic mass is 16.5. The second-order valence-corrected chi connectivity index (χ2v) is 7.52. The molecule has 8 nitrogen and oxygen atoms in total. The first kappa shape index (κ1) is 22.7. The van der Waals surface area contributed by atoms with Gasteiger partial charge in [-0.2, -0.15) is 5.26 Å². The van der Waals surface area contributed by atoms with Crippen molar-refractivity contribution in [3.63, 3.8) is 0 Å². The van der Waals surface area contributed by atoms with Gasteiger partial charge >= 0.3 is 5.97 Å². The molecule has 0 aliphatic carbocycles. The molecule has 1 N–H and O–H groups in total. The average molecular weight is 457 g/mol. The van der Waals surface area contributed by atoms with Crippen LogP contribution in [0.15, 0.2) is 54.7 Å². The second kappa shape index (κ2) is 9.55. The van der Waals surface area contributed by atoms with E-state index in [0.717, 1.165) is 22.6 Å². The number of nitrogens with zero attached hydrogens (tertiary/aromatic N) is 3. The molecule has 0 aliphatic heterocycles. The number of fused-ring (bicyclic) bond motifs is 1. The third-order valence-electron chi connectivity index (χ3n) is 5.55. The van der Waals surface area contributed by atoms with Crippen molar-refractivity contribution in [2.24, 2.45) is 7.05 Å². The molecule has 4 aromatic rings. The number of ether oxygens (including phenoxy) is 3. The van der Waals surface area contributed by atoms with E-state index in [-0.39, 0.29) is 24.0 Å². The number of hydrogen-bond acceptors (Lipinski definition) is 7. The molecule has 0 radical (unpaired) electrons. The molecule has 2 heterocycles. The fraction of sp³-hybridized carbons (Fsp3) is 0.192. The number of nitrogens with one attached hydrogen (secondary N) is 1. The maximum Gasteiger partial charge on any atom is 0.340 e. The molecule has 0 spiro atoms. The summed E-state index contributed by atoms with van der Waals surface area (Å²) in [5.41, 5.74) is 3.76. The van der Waals surface area contributed by atoms with Gasteiger partial charge < -0.3 is 24.1 Å². The van der Waals surface area contributed by atoms with Crippen LogP contribution in [-0.4, -0.2) is 29.2 Å². The van der Waals surface area contributed by atoms with Crippen LogP contribution in [0.1, 0.15) is 28.5 Å². The minimum atomic E-state index is -0.385. The molecule has 2 aromatic carbocycles. The highest BCUT2D eigenvalue weighted by Gasteiger charge is 2.21. The Kier molecular flexibility index (Phi) is 6.37. The molecule has 172 valence electrons. The molecule has 0 bridgehead atoms. The van der Waals surface area contributed by atoms with E-state index in [1.807, 2.05) is 48.9 Å². The van der Waals surface area contributed by atoms with Crippen LogP contribution in [0.4, 0.5) is 11.4 Å². The zero-order valence-corrected chi connectivity index (χ0v) is 19.4. The SMILES string of the molecule is CCOC(=O)c1c(C)n(C)c2ccc(Oc3nccc(Nc4ccc(OC)cc4)c3C#N)cc12. The van der Waals surface area contributed by atoms with Crippen molar-refractivity contribution >= 4 is 28.2 Å². The van der Waals surface area contributed by atoms with E-state index in [1.54, 1.807) is 38.4 Å². The molecule has 0 fully saturated rings. The van der Waals surface area contributed by atoms with E-state index in [0.29, 0.717) is 22.4 Å². The highest BCUT2D eigenvalue weighted by Crippen LogP contribution is 2.34. The fourth-order valence-electron chi connectivity index (χ4n) is 3.75. The van der Waals surface area contributed by atoms with Gasteiger partial charge in [0.2, 0.25) is 5.88 Å². The number of aromatic nitrogens is 2. The smallest absolute Gasteiger partial charge is 0.340 e. The van der Waals surface area contributed by atoms with Gasteiger partial charge in [0.25, 0.3) is 0 Å². The minimum Gasteiger partial charge on any atom is -0.497 e. The molecule has 34 heavy (non-hydrogen) atoms. The van der Waals surface area contributed by atoms with Crippen molar-refractivity contribution in [3.05, 3.63) is 71.5 Å². The van der Waals surface area contributed by atoms with Crippen molar-refractivity contribution in [1.29, 1.82) is 5.26 Å². The van der Waals surface area contributed by atoms with Crippen molar-refractivity contribution < 1.29 is 19.0 Å². The van der Waals surface area contributed by atoms with E-state index < -0.39 is 0 Å². The zero-order chi connectivity index (χ0) is 24.2.